The Bertz CT molecular complexity index is 472. The largest absolute Gasteiger partial charge is 0.381 e. The van der Waals surface area contributed by atoms with E-state index >= 15 is 0 Å². The molecule has 0 heterocycles. The van der Waals surface area contributed by atoms with Crippen LogP contribution in [0.2, 0.25) is 0 Å². The number of nitrogens with one attached hydrogen (secondary N) is 1. The van der Waals surface area contributed by atoms with E-state index in [2.05, 4.69) is 55.4 Å². The number of rotatable bonds is 2. The van der Waals surface area contributed by atoms with Gasteiger partial charge in [0.2, 0.25) is 0 Å². The Kier molecular flexibility index (Phi) is 3.19. The zero-order chi connectivity index (χ0) is 13.0. The van der Waals surface area contributed by atoms with Crippen LogP contribution in [0.5, 0.6) is 0 Å². The van der Waals surface area contributed by atoms with Crippen molar-refractivity contribution in [3.05, 3.63) is 27.1 Å². The van der Waals surface area contributed by atoms with Gasteiger partial charge in [0.1, 0.15) is 0 Å². The highest BCUT2D eigenvalue weighted by atomic mass is 79.9. The minimum absolute atomic E-state index is 0.713. The van der Waals surface area contributed by atoms with E-state index in [1.807, 2.05) is 0 Å². The third kappa shape index (κ3) is 2.27. The van der Waals surface area contributed by atoms with E-state index in [0.717, 1.165) is 28.1 Å². The summed E-state index contributed by atoms with van der Waals surface area (Å²) in [5, 5.41) is 3.85. The van der Waals surface area contributed by atoms with Crippen LogP contribution >= 0.6 is 31.9 Å². The highest BCUT2D eigenvalue weighted by molar-refractivity contribution is 9.11. The third-order valence-electron chi connectivity index (χ3n) is 5.48. The van der Waals surface area contributed by atoms with Crippen LogP contribution in [0.25, 0.3) is 0 Å². The molecule has 3 heteroatoms. The maximum Gasteiger partial charge on any atom is 0.0487 e. The fourth-order valence-corrected chi connectivity index (χ4v) is 6.11. The summed E-state index contributed by atoms with van der Waals surface area (Å²) in [5.41, 5.74) is 1.26. The molecule has 5 rings (SSSR count). The molecule has 0 spiro atoms. The molecular formula is C16H19Br2N. The van der Waals surface area contributed by atoms with Crippen LogP contribution in [-0.4, -0.2) is 6.04 Å². The van der Waals surface area contributed by atoms with Crippen molar-refractivity contribution in [3.63, 3.8) is 0 Å². The predicted octanol–water partition coefficient (Wildman–Crippen LogP) is 5.45. The molecule has 4 fully saturated rings. The molecule has 1 aromatic rings. The van der Waals surface area contributed by atoms with Crippen LogP contribution in [-0.2, 0) is 0 Å². The van der Waals surface area contributed by atoms with Gasteiger partial charge in [-0.1, -0.05) is 15.9 Å². The molecule has 0 unspecified atom stereocenters. The summed E-state index contributed by atoms with van der Waals surface area (Å²) in [6, 6.07) is 7.17. The van der Waals surface area contributed by atoms with Gasteiger partial charge in [-0.05, 0) is 89.9 Å². The van der Waals surface area contributed by atoms with Crippen molar-refractivity contribution in [1.29, 1.82) is 0 Å². The molecule has 4 aliphatic carbocycles. The Balaban J connectivity index is 1.56. The van der Waals surface area contributed by atoms with Crippen LogP contribution in [0.4, 0.5) is 5.69 Å². The highest BCUT2D eigenvalue weighted by Crippen LogP contribution is 2.54. The van der Waals surface area contributed by atoms with Gasteiger partial charge in [-0.3, -0.25) is 0 Å². The molecule has 0 aliphatic heterocycles. The van der Waals surface area contributed by atoms with Gasteiger partial charge in [0.05, 0.1) is 0 Å². The summed E-state index contributed by atoms with van der Waals surface area (Å²) in [6.45, 7) is 0. The van der Waals surface area contributed by atoms with Gasteiger partial charge in [-0.25, -0.2) is 0 Å². The summed E-state index contributed by atoms with van der Waals surface area (Å²) in [6.07, 6.45) is 7.41. The Morgan fingerprint density at radius 2 is 1.53 bits per heavy atom. The van der Waals surface area contributed by atoms with Crippen molar-refractivity contribution in [2.75, 3.05) is 5.32 Å². The monoisotopic (exact) mass is 383 g/mol. The second-order valence-electron chi connectivity index (χ2n) is 6.73. The first kappa shape index (κ1) is 12.7. The van der Waals surface area contributed by atoms with E-state index in [0.29, 0.717) is 6.04 Å². The standard InChI is InChI=1S/C16H19Br2N/c17-13-1-2-15(14(18)8-13)19-16-11-4-9-3-10(6-11)7-12(16)5-9/h1-2,8-12,16,19H,3-7H2. The van der Waals surface area contributed by atoms with Gasteiger partial charge < -0.3 is 5.32 Å². The fourth-order valence-electron chi connectivity index (χ4n) is 4.95. The summed E-state index contributed by atoms with van der Waals surface area (Å²) < 4.78 is 2.31. The van der Waals surface area contributed by atoms with E-state index in [4.69, 9.17) is 0 Å². The first-order valence-corrected chi connectivity index (χ1v) is 8.99. The van der Waals surface area contributed by atoms with Crippen LogP contribution in [0.3, 0.4) is 0 Å². The van der Waals surface area contributed by atoms with Gasteiger partial charge in [-0.15, -0.1) is 0 Å². The quantitative estimate of drug-likeness (QED) is 0.714. The average molecular weight is 385 g/mol. The number of halogens is 2. The number of hydrogen-bond donors (Lipinski definition) is 1. The number of hydrogen-bond acceptors (Lipinski definition) is 1. The topological polar surface area (TPSA) is 12.0 Å². The van der Waals surface area contributed by atoms with Crippen LogP contribution in [0, 0.1) is 23.7 Å². The molecular weight excluding hydrogens is 366 g/mol. The van der Waals surface area contributed by atoms with Crippen molar-refractivity contribution in [2.24, 2.45) is 23.7 Å². The van der Waals surface area contributed by atoms with Crippen molar-refractivity contribution in [3.8, 4) is 0 Å². The Morgan fingerprint density at radius 1 is 0.895 bits per heavy atom. The first-order valence-electron chi connectivity index (χ1n) is 7.40. The fraction of sp³-hybridized carbons (Fsp3) is 0.625. The summed E-state index contributed by atoms with van der Waals surface area (Å²) in [5.74, 6) is 3.95. The molecule has 1 N–H and O–H groups in total. The average Bonchev–Trinajstić information content (AvgIpc) is 2.35. The predicted molar refractivity (Wildman–Crippen MR) is 86.3 cm³/mol. The zero-order valence-electron chi connectivity index (χ0n) is 10.9. The lowest BCUT2D eigenvalue weighted by Crippen LogP contribution is -2.51. The third-order valence-corrected chi connectivity index (χ3v) is 6.63. The SMILES string of the molecule is Brc1ccc(NC2C3CC4CC(C3)CC2C4)c(Br)c1. The van der Waals surface area contributed by atoms with E-state index < -0.39 is 0 Å². The smallest absolute Gasteiger partial charge is 0.0487 e. The molecule has 0 saturated heterocycles. The Morgan fingerprint density at radius 3 is 2.11 bits per heavy atom. The summed E-state index contributed by atoms with van der Waals surface area (Å²) in [4.78, 5) is 0. The van der Waals surface area contributed by atoms with Crippen LogP contribution in [0.15, 0.2) is 27.1 Å². The molecule has 4 bridgehead atoms. The van der Waals surface area contributed by atoms with Gasteiger partial charge >= 0.3 is 0 Å². The van der Waals surface area contributed by atoms with Crippen molar-refractivity contribution >= 4 is 37.5 Å². The molecule has 1 aromatic carbocycles. The normalized spacial score (nSPS) is 39.6. The molecule has 0 atom stereocenters. The molecule has 0 amide bonds. The molecule has 0 radical (unpaired) electrons. The van der Waals surface area contributed by atoms with E-state index in [1.54, 1.807) is 0 Å². The zero-order valence-corrected chi connectivity index (χ0v) is 14.1. The molecule has 4 aliphatic rings. The number of benzene rings is 1. The lowest BCUT2D eigenvalue weighted by atomic mass is 9.54. The van der Waals surface area contributed by atoms with E-state index in [-0.39, 0.29) is 0 Å². The second kappa shape index (κ2) is 4.77. The first-order chi connectivity index (χ1) is 9.19. The lowest BCUT2D eigenvalue weighted by Gasteiger charge is -2.54. The maximum atomic E-state index is 3.85. The van der Waals surface area contributed by atoms with Crippen molar-refractivity contribution in [1.82, 2.24) is 0 Å². The Hall–Kier alpha value is -0.0200. The molecule has 4 saturated carbocycles. The van der Waals surface area contributed by atoms with Gasteiger partial charge in [0.25, 0.3) is 0 Å². The molecule has 0 aromatic heterocycles. The Labute approximate surface area is 131 Å². The minimum Gasteiger partial charge on any atom is -0.381 e. The van der Waals surface area contributed by atoms with Crippen molar-refractivity contribution in [2.45, 2.75) is 38.1 Å². The lowest BCUT2D eigenvalue weighted by molar-refractivity contribution is 0.00752. The van der Waals surface area contributed by atoms with Gasteiger partial charge in [0, 0.05) is 20.7 Å². The molecule has 1 nitrogen and oxygen atoms in total. The summed E-state index contributed by atoms with van der Waals surface area (Å²) in [7, 11) is 0. The summed E-state index contributed by atoms with van der Waals surface area (Å²) >= 11 is 7.21. The highest BCUT2D eigenvalue weighted by Gasteiger charge is 2.48. The molecule has 19 heavy (non-hydrogen) atoms. The second-order valence-corrected chi connectivity index (χ2v) is 8.50. The van der Waals surface area contributed by atoms with E-state index in [1.165, 1.54) is 42.3 Å². The van der Waals surface area contributed by atoms with Crippen molar-refractivity contribution < 1.29 is 0 Å². The van der Waals surface area contributed by atoms with E-state index in [9.17, 15) is 0 Å². The van der Waals surface area contributed by atoms with Crippen LogP contribution in [0.1, 0.15) is 32.1 Å². The maximum absolute atomic E-state index is 3.85. The van der Waals surface area contributed by atoms with Crippen LogP contribution < -0.4 is 5.32 Å². The van der Waals surface area contributed by atoms with Gasteiger partial charge in [0.15, 0.2) is 0 Å². The molecule has 102 valence electrons. The number of anilines is 1. The van der Waals surface area contributed by atoms with Gasteiger partial charge in [-0.2, -0.15) is 0 Å². The minimum atomic E-state index is 0.713.